The zero-order valence-electron chi connectivity index (χ0n) is 16.4. The van der Waals surface area contributed by atoms with E-state index in [-0.39, 0.29) is 19.1 Å². The molecule has 3 aliphatic heterocycles. The summed E-state index contributed by atoms with van der Waals surface area (Å²) in [4.78, 5) is 18.4. The average Bonchev–Trinajstić information content (AvgIpc) is 3.38. The molecule has 2 aromatic carbocycles. The summed E-state index contributed by atoms with van der Waals surface area (Å²) in [6, 6.07) is 17.5. The van der Waals surface area contributed by atoms with Gasteiger partial charge in [-0.15, -0.1) is 0 Å². The average molecular weight is 452 g/mol. The van der Waals surface area contributed by atoms with Gasteiger partial charge in [0.2, 0.25) is 12.7 Å². The van der Waals surface area contributed by atoms with E-state index in [2.05, 4.69) is 0 Å². The highest BCUT2D eigenvalue weighted by Gasteiger charge is 2.24. The Kier molecular flexibility index (Phi) is 5.21. The van der Waals surface area contributed by atoms with E-state index in [0.29, 0.717) is 17.3 Å². The van der Waals surface area contributed by atoms with E-state index in [1.165, 1.54) is 0 Å². The number of primary amides is 1. The van der Waals surface area contributed by atoms with Gasteiger partial charge < -0.3 is 19.8 Å². The molecule has 1 amide bonds. The third-order valence-electron chi connectivity index (χ3n) is 5.00. The molecule has 0 fully saturated rings. The van der Waals surface area contributed by atoms with E-state index in [4.69, 9.17) is 31.8 Å². The van der Waals surface area contributed by atoms with Gasteiger partial charge in [-0.2, -0.15) is 0 Å². The quantitative estimate of drug-likeness (QED) is 0.443. The van der Waals surface area contributed by atoms with Crippen molar-refractivity contribution in [3.8, 4) is 34.1 Å². The van der Waals surface area contributed by atoms with Crippen molar-refractivity contribution in [2.45, 2.75) is 22.8 Å². The summed E-state index contributed by atoms with van der Waals surface area (Å²) in [6.45, 7) is 0.685. The lowest BCUT2D eigenvalue weighted by Crippen LogP contribution is -2.15. The molecule has 31 heavy (non-hydrogen) atoms. The molecule has 2 N–H and O–H groups in total. The lowest BCUT2D eigenvalue weighted by atomic mass is 10.1. The van der Waals surface area contributed by atoms with Gasteiger partial charge in [-0.3, -0.25) is 4.79 Å². The number of benzene rings is 2. The normalized spacial score (nSPS) is 12.4. The van der Waals surface area contributed by atoms with Crippen molar-refractivity contribution < 1.29 is 14.3 Å². The Hall–Kier alpha value is -3.16. The third-order valence-corrected chi connectivity index (χ3v) is 6.38. The molecule has 0 atom stereocenters. The van der Waals surface area contributed by atoms with Gasteiger partial charge in [0, 0.05) is 45.1 Å². The standard InChI is InChI=1S/C23H18ClN3O3S/c24-15-4-6-16(7-5-15)31-22-17-2-1-10-27(11-9-20(25)28)23(17)26-21(22)14-3-8-18-19(12-14)30-13-29-18/h1-8,10,12H,9,11,13H2,(H2,25,28). The van der Waals surface area contributed by atoms with Gasteiger partial charge in [0.15, 0.2) is 11.5 Å². The van der Waals surface area contributed by atoms with Crippen LogP contribution in [0.3, 0.4) is 0 Å². The van der Waals surface area contributed by atoms with Gasteiger partial charge in [-0.1, -0.05) is 23.4 Å². The fourth-order valence-corrected chi connectivity index (χ4v) is 4.67. The fraction of sp³-hybridized carbons (Fsp3) is 0.130. The molecule has 8 heteroatoms. The topological polar surface area (TPSA) is 79.4 Å². The molecule has 156 valence electrons. The maximum absolute atomic E-state index is 11.3. The summed E-state index contributed by atoms with van der Waals surface area (Å²) < 4.78 is 13.0. The second-order valence-corrected chi connectivity index (χ2v) is 8.59. The van der Waals surface area contributed by atoms with Crippen LogP contribution in [0.5, 0.6) is 11.5 Å². The van der Waals surface area contributed by atoms with Gasteiger partial charge in [0.1, 0.15) is 5.82 Å². The summed E-state index contributed by atoms with van der Waals surface area (Å²) in [6.07, 6.45) is 2.16. The molecule has 3 heterocycles. The van der Waals surface area contributed by atoms with Crippen LogP contribution in [0.4, 0.5) is 0 Å². The third kappa shape index (κ3) is 3.94. The minimum Gasteiger partial charge on any atom is -0.454 e. The highest BCUT2D eigenvalue weighted by molar-refractivity contribution is 7.99. The lowest BCUT2D eigenvalue weighted by molar-refractivity contribution is -0.118. The van der Waals surface area contributed by atoms with Gasteiger partial charge in [0.05, 0.1) is 5.69 Å². The van der Waals surface area contributed by atoms with Crippen LogP contribution in [0, 0.1) is 0 Å². The molecule has 0 aliphatic carbocycles. The van der Waals surface area contributed by atoms with Crippen molar-refractivity contribution in [2.24, 2.45) is 5.73 Å². The molecule has 0 unspecified atom stereocenters. The van der Waals surface area contributed by atoms with Crippen LogP contribution in [-0.4, -0.2) is 22.3 Å². The largest absolute Gasteiger partial charge is 0.454 e. The SMILES string of the molecule is NC(=O)CCn1cccc2c(Sc3ccc(Cl)cc3)c(-c3ccc4c(c3)OCO4)nc1-2. The second-order valence-electron chi connectivity index (χ2n) is 7.07. The van der Waals surface area contributed by atoms with Crippen LogP contribution in [-0.2, 0) is 11.3 Å². The molecule has 3 aliphatic rings. The first-order chi connectivity index (χ1) is 15.1. The monoisotopic (exact) mass is 451 g/mol. The van der Waals surface area contributed by atoms with Crippen LogP contribution in [0.25, 0.3) is 22.6 Å². The summed E-state index contributed by atoms with van der Waals surface area (Å²) in [7, 11) is 0. The summed E-state index contributed by atoms with van der Waals surface area (Å²) >= 11 is 7.68. The van der Waals surface area contributed by atoms with E-state index in [0.717, 1.165) is 38.2 Å². The number of ether oxygens (including phenoxy) is 2. The molecule has 0 radical (unpaired) electrons. The minimum atomic E-state index is -0.345. The number of carbonyl (C=O) groups excluding carboxylic acids is 1. The van der Waals surface area contributed by atoms with Gasteiger partial charge in [0.25, 0.3) is 0 Å². The second kappa shape index (κ2) is 8.17. The number of nitrogens with zero attached hydrogens (tertiary/aromatic N) is 2. The van der Waals surface area contributed by atoms with Crippen molar-refractivity contribution >= 4 is 29.3 Å². The molecule has 5 rings (SSSR count). The Morgan fingerprint density at radius 1 is 1.13 bits per heavy atom. The number of pyridine rings is 1. The smallest absolute Gasteiger partial charge is 0.231 e. The molecular weight excluding hydrogens is 434 g/mol. The van der Waals surface area contributed by atoms with Crippen molar-refractivity contribution in [3.05, 3.63) is 65.8 Å². The van der Waals surface area contributed by atoms with Gasteiger partial charge >= 0.3 is 0 Å². The van der Waals surface area contributed by atoms with Crippen molar-refractivity contribution in [3.63, 3.8) is 0 Å². The molecule has 6 nitrogen and oxygen atoms in total. The molecule has 0 saturated carbocycles. The predicted octanol–water partition coefficient (Wildman–Crippen LogP) is 5.06. The number of rotatable bonds is 6. The lowest BCUT2D eigenvalue weighted by Gasteiger charge is -2.11. The molecule has 0 spiro atoms. The first-order valence-corrected chi connectivity index (χ1v) is 10.9. The van der Waals surface area contributed by atoms with Crippen molar-refractivity contribution in [1.82, 2.24) is 9.55 Å². The highest BCUT2D eigenvalue weighted by atomic mass is 35.5. The van der Waals surface area contributed by atoms with Crippen LogP contribution < -0.4 is 15.2 Å². The predicted molar refractivity (Wildman–Crippen MR) is 120 cm³/mol. The maximum atomic E-state index is 11.3. The van der Waals surface area contributed by atoms with Crippen molar-refractivity contribution in [2.75, 3.05) is 6.79 Å². The Balaban J connectivity index is 1.63. The summed E-state index contributed by atoms with van der Waals surface area (Å²) in [5.74, 6) is 1.88. The zero-order chi connectivity index (χ0) is 21.4. The number of fused-ring (bicyclic) bond motifs is 2. The van der Waals surface area contributed by atoms with Crippen LogP contribution in [0.1, 0.15) is 6.42 Å². The number of nitrogens with two attached hydrogens (primary N) is 1. The molecule has 0 aromatic heterocycles. The van der Waals surface area contributed by atoms with E-state index in [1.807, 2.05) is 65.4 Å². The number of amides is 1. The molecule has 0 saturated heterocycles. The first-order valence-electron chi connectivity index (χ1n) is 9.69. The van der Waals surface area contributed by atoms with E-state index >= 15 is 0 Å². The van der Waals surface area contributed by atoms with E-state index in [1.54, 1.807) is 11.8 Å². The Labute approximate surface area is 188 Å². The fourth-order valence-electron chi connectivity index (χ4n) is 3.50. The molecular formula is C23H18ClN3O3S. The minimum absolute atomic E-state index is 0.217. The number of halogens is 1. The number of hydrogen-bond donors (Lipinski definition) is 1. The summed E-state index contributed by atoms with van der Waals surface area (Å²) in [5.41, 5.74) is 8.13. The zero-order valence-corrected chi connectivity index (χ0v) is 17.9. The van der Waals surface area contributed by atoms with E-state index < -0.39 is 0 Å². The maximum Gasteiger partial charge on any atom is 0.231 e. The number of aromatic nitrogens is 2. The molecule has 2 aromatic rings. The Morgan fingerprint density at radius 2 is 1.94 bits per heavy atom. The summed E-state index contributed by atoms with van der Waals surface area (Å²) in [5, 5.41) is 0.690. The number of carbonyl (C=O) groups is 1. The number of hydrogen-bond acceptors (Lipinski definition) is 5. The van der Waals surface area contributed by atoms with Crippen LogP contribution >= 0.6 is 23.4 Å². The Bertz CT molecular complexity index is 1240. The Morgan fingerprint density at radius 3 is 2.74 bits per heavy atom. The van der Waals surface area contributed by atoms with Gasteiger partial charge in [-0.05, 0) is 54.6 Å². The van der Waals surface area contributed by atoms with Crippen LogP contribution in [0.2, 0.25) is 5.02 Å². The van der Waals surface area contributed by atoms with E-state index in [9.17, 15) is 4.79 Å². The highest BCUT2D eigenvalue weighted by Crippen LogP contribution is 2.46. The van der Waals surface area contributed by atoms with Gasteiger partial charge in [-0.25, -0.2) is 4.98 Å². The van der Waals surface area contributed by atoms with Crippen molar-refractivity contribution in [1.29, 1.82) is 0 Å². The molecule has 0 bridgehead atoms. The first kappa shape index (κ1) is 19.8. The number of aryl methyl sites for hydroxylation is 1. The van der Waals surface area contributed by atoms with Crippen LogP contribution in [0.15, 0.2) is 70.6 Å².